The van der Waals surface area contributed by atoms with E-state index in [0.29, 0.717) is 23.3 Å². The molecule has 5 heterocycles. The molecule has 1 aromatic rings. The fraction of sp³-hybridized carbons (Fsp3) is 0.667. The van der Waals surface area contributed by atoms with Crippen molar-refractivity contribution in [1.82, 2.24) is 4.98 Å². The molecule has 4 bridgehead atoms. The zero-order valence-corrected chi connectivity index (χ0v) is 12.1. The number of morpholine rings is 1. The molecule has 4 nitrogen and oxygen atoms in total. The van der Waals surface area contributed by atoms with Gasteiger partial charge in [-0.1, -0.05) is 11.6 Å². The van der Waals surface area contributed by atoms with E-state index in [-0.39, 0.29) is 0 Å². The molecule has 5 fully saturated rings. The Morgan fingerprint density at radius 1 is 1.10 bits per heavy atom. The normalized spacial score (nSPS) is 37.6. The third-order valence-electron chi connectivity index (χ3n) is 5.40. The van der Waals surface area contributed by atoms with Gasteiger partial charge in [0.15, 0.2) is 0 Å². The number of aromatic nitrogens is 1. The van der Waals surface area contributed by atoms with Gasteiger partial charge in [0.05, 0.1) is 18.8 Å². The Hall–Kier alpha value is -1.00. The molecule has 1 saturated carbocycles. The first-order valence-corrected chi connectivity index (χ1v) is 7.96. The summed E-state index contributed by atoms with van der Waals surface area (Å²) in [4.78, 5) is 9.46. The van der Waals surface area contributed by atoms with Crippen molar-refractivity contribution in [3.8, 4) is 0 Å². The maximum absolute atomic E-state index is 6.27. The second-order valence-corrected chi connectivity index (χ2v) is 7.03. The van der Waals surface area contributed by atoms with E-state index in [0.717, 1.165) is 37.9 Å². The first-order valence-electron chi connectivity index (χ1n) is 7.59. The van der Waals surface area contributed by atoms with Crippen LogP contribution in [-0.4, -0.2) is 42.9 Å². The number of ether oxygens (including phenoxy) is 1. The molecule has 2 unspecified atom stereocenters. The van der Waals surface area contributed by atoms with Gasteiger partial charge in [0.1, 0.15) is 11.0 Å². The van der Waals surface area contributed by atoms with E-state index in [4.69, 9.17) is 16.3 Å². The van der Waals surface area contributed by atoms with Crippen molar-refractivity contribution in [3.05, 3.63) is 17.3 Å². The van der Waals surface area contributed by atoms with Crippen LogP contribution in [0.2, 0.25) is 5.15 Å². The van der Waals surface area contributed by atoms with Gasteiger partial charge in [0.2, 0.25) is 0 Å². The summed E-state index contributed by atoms with van der Waals surface area (Å²) in [6.07, 6.45) is 4.25. The van der Waals surface area contributed by atoms with E-state index >= 15 is 0 Å². The van der Waals surface area contributed by atoms with Crippen LogP contribution < -0.4 is 9.80 Å². The highest BCUT2D eigenvalue weighted by atomic mass is 35.5. The molecule has 0 amide bonds. The largest absolute Gasteiger partial charge is 0.374 e. The SMILES string of the molecule is Clc1cc(N2CC3CC2CO3)cc(N2CC3CC2C3)n1. The van der Waals surface area contributed by atoms with Crippen molar-refractivity contribution in [2.75, 3.05) is 29.5 Å². The van der Waals surface area contributed by atoms with Gasteiger partial charge in [-0.05, 0) is 31.2 Å². The van der Waals surface area contributed by atoms with Crippen LogP contribution in [0.4, 0.5) is 11.5 Å². The van der Waals surface area contributed by atoms with Crippen LogP contribution in [0.3, 0.4) is 0 Å². The standard InChI is InChI=1S/C15H18ClN3O/c16-14-4-11(18-7-13-3-12(18)8-20-13)5-15(17-14)19-6-9-1-10(19)2-9/h4-5,9-10,12-13H,1-3,6-8H2. The van der Waals surface area contributed by atoms with Gasteiger partial charge in [0, 0.05) is 30.9 Å². The lowest BCUT2D eigenvalue weighted by atomic mass is 9.86. The van der Waals surface area contributed by atoms with Gasteiger partial charge in [-0.25, -0.2) is 4.98 Å². The Bertz CT molecular complexity index is 560. The molecule has 0 aromatic carbocycles. The van der Waals surface area contributed by atoms with Crippen molar-refractivity contribution >= 4 is 23.1 Å². The van der Waals surface area contributed by atoms with Gasteiger partial charge in [-0.3, -0.25) is 0 Å². The summed E-state index contributed by atoms with van der Waals surface area (Å²) in [7, 11) is 0. The second kappa shape index (κ2) is 4.01. The average molecular weight is 292 g/mol. The van der Waals surface area contributed by atoms with Crippen LogP contribution in [-0.2, 0) is 4.74 Å². The fourth-order valence-electron chi connectivity index (χ4n) is 4.31. The Balaban J connectivity index is 1.49. The third kappa shape index (κ3) is 1.61. The summed E-state index contributed by atoms with van der Waals surface area (Å²) in [6.45, 7) is 3.01. The lowest BCUT2D eigenvalue weighted by Crippen LogP contribution is -2.37. The third-order valence-corrected chi connectivity index (χ3v) is 5.59. The van der Waals surface area contributed by atoms with E-state index in [2.05, 4.69) is 20.9 Å². The van der Waals surface area contributed by atoms with E-state index in [9.17, 15) is 0 Å². The van der Waals surface area contributed by atoms with Crippen molar-refractivity contribution in [1.29, 1.82) is 0 Å². The maximum atomic E-state index is 6.27. The van der Waals surface area contributed by atoms with Gasteiger partial charge >= 0.3 is 0 Å². The first-order chi connectivity index (χ1) is 9.76. The fourth-order valence-corrected chi connectivity index (χ4v) is 4.51. The summed E-state index contributed by atoms with van der Waals surface area (Å²) >= 11 is 6.27. The predicted octanol–water partition coefficient (Wildman–Crippen LogP) is 2.31. The number of nitrogens with zero attached hydrogens (tertiary/aromatic N) is 3. The second-order valence-electron chi connectivity index (χ2n) is 6.65. The molecule has 5 heteroatoms. The van der Waals surface area contributed by atoms with Crippen molar-refractivity contribution in [2.24, 2.45) is 5.92 Å². The Morgan fingerprint density at radius 3 is 2.65 bits per heavy atom. The van der Waals surface area contributed by atoms with E-state index < -0.39 is 0 Å². The quantitative estimate of drug-likeness (QED) is 0.782. The minimum absolute atomic E-state index is 0.412. The highest BCUT2D eigenvalue weighted by Gasteiger charge is 2.44. The van der Waals surface area contributed by atoms with Crippen molar-refractivity contribution in [3.63, 3.8) is 0 Å². The van der Waals surface area contributed by atoms with Gasteiger partial charge < -0.3 is 14.5 Å². The number of hydrogen-bond donors (Lipinski definition) is 0. The number of fused-ring (bicyclic) bond motifs is 3. The molecule has 4 aliphatic heterocycles. The zero-order chi connectivity index (χ0) is 13.3. The number of halogens is 1. The molecule has 0 radical (unpaired) electrons. The Morgan fingerprint density at radius 2 is 2.00 bits per heavy atom. The molecule has 106 valence electrons. The molecule has 6 rings (SSSR count). The molecular weight excluding hydrogens is 274 g/mol. The van der Waals surface area contributed by atoms with Gasteiger partial charge in [-0.2, -0.15) is 0 Å². The lowest BCUT2D eigenvalue weighted by molar-refractivity contribution is 0.0991. The summed E-state index contributed by atoms with van der Waals surface area (Å²) in [6, 6.07) is 5.47. The maximum Gasteiger partial charge on any atom is 0.133 e. The van der Waals surface area contributed by atoms with E-state index in [1.807, 2.05) is 6.07 Å². The Labute approximate surface area is 123 Å². The smallest absolute Gasteiger partial charge is 0.133 e. The molecule has 0 spiro atoms. The van der Waals surface area contributed by atoms with Crippen LogP contribution >= 0.6 is 11.6 Å². The predicted molar refractivity (Wildman–Crippen MR) is 78.6 cm³/mol. The molecule has 5 aliphatic rings. The summed E-state index contributed by atoms with van der Waals surface area (Å²) < 4.78 is 5.69. The molecule has 1 aliphatic carbocycles. The van der Waals surface area contributed by atoms with Crippen LogP contribution in [0, 0.1) is 5.92 Å². The van der Waals surface area contributed by atoms with Gasteiger partial charge in [0.25, 0.3) is 0 Å². The molecule has 2 atom stereocenters. The van der Waals surface area contributed by atoms with Gasteiger partial charge in [-0.15, -0.1) is 0 Å². The first kappa shape index (κ1) is 11.6. The van der Waals surface area contributed by atoms with Crippen LogP contribution in [0.25, 0.3) is 0 Å². The zero-order valence-electron chi connectivity index (χ0n) is 11.3. The lowest BCUT2D eigenvalue weighted by Gasteiger charge is -2.31. The van der Waals surface area contributed by atoms with Crippen LogP contribution in [0.15, 0.2) is 12.1 Å². The molecule has 1 aromatic heterocycles. The molecular formula is C15H18ClN3O. The number of pyridine rings is 1. The summed E-state index contributed by atoms with van der Waals surface area (Å²) in [5, 5.41) is 0.616. The van der Waals surface area contributed by atoms with Crippen molar-refractivity contribution in [2.45, 2.75) is 37.5 Å². The average Bonchev–Trinajstić information content (AvgIpc) is 3.15. The Kier molecular flexibility index (Phi) is 2.34. The van der Waals surface area contributed by atoms with E-state index in [1.54, 1.807) is 0 Å². The molecule has 20 heavy (non-hydrogen) atoms. The monoisotopic (exact) mass is 291 g/mol. The molecule has 0 N–H and O–H groups in total. The highest BCUT2D eigenvalue weighted by Crippen LogP contribution is 2.44. The minimum Gasteiger partial charge on any atom is -0.374 e. The van der Waals surface area contributed by atoms with Crippen LogP contribution in [0.5, 0.6) is 0 Å². The summed E-state index contributed by atoms with van der Waals surface area (Å²) in [5.41, 5.74) is 1.22. The molecule has 4 saturated heterocycles. The minimum atomic E-state index is 0.412. The number of hydrogen-bond acceptors (Lipinski definition) is 4. The summed E-state index contributed by atoms with van der Waals surface area (Å²) in [5.74, 6) is 1.96. The van der Waals surface area contributed by atoms with Crippen molar-refractivity contribution < 1.29 is 4.74 Å². The number of anilines is 2. The topological polar surface area (TPSA) is 28.6 Å². The van der Waals surface area contributed by atoms with Crippen LogP contribution in [0.1, 0.15) is 19.3 Å². The number of rotatable bonds is 2. The highest BCUT2D eigenvalue weighted by molar-refractivity contribution is 6.29. The van der Waals surface area contributed by atoms with E-state index in [1.165, 1.54) is 18.5 Å².